The van der Waals surface area contributed by atoms with E-state index in [1.807, 2.05) is 24.3 Å². The molecule has 28 heavy (non-hydrogen) atoms. The van der Waals surface area contributed by atoms with E-state index in [1.165, 1.54) is 12.1 Å². The number of nitrogens with zero attached hydrogens (tertiary/aromatic N) is 2. The first-order chi connectivity index (χ1) is 13.6. The number of carbonyl (C=O) groups is 1. The molecule has 0 aliphatic carbocycles. The molecule has 0 spiro atoms. The third-order valence-corrected chi connectivity index (χ3v) is 4.38. The molecule has 3 aromatic rings. The highest BCUT2D eigenvalue weighted by molar-refractivity contribution is 6.03. The summed E-state index contributed by atoms with van der Waals surface area (Å²) in [5, 5.41) is 5.96. The fourth-order valence-corrected chi connectivity index (χ4v) is 2.84. The lowest BCUT2D eigenvalue weighted by Gasteiger charge is -2.21. The summed E-state index contributed by atoms with van der Waals surface area (Å²) in [7, 11) is 0. The highest BCUT2D eigenvalue weighted by atomic mass is 19.1. The molecule has 0 bridgehead atoms. The molecule has 3 rings (SSSR count). The molecular formula is C22H23FN4O. The molecule has 144 valence electrons. The van der Waals surface area contributed by atoms with Crippen LogP contribution >= 0.6 is 0 Å². The molecule has 0 radical (unpaired) electrons. The number of hydrogen-bond donors (Lipinski definition) is 2. The van der Waals surface area contributed by atoms with E-state index < -0.39 is 0 Å². The molecule has 1 aromatic heterocycles. The molecule has 0 aliphatic rings. The number of halogens is 1. The monoisotopic (exact) mass is 378 g/mol. The number of aromatic nitrogens is 1. The lowest BCUT2D eigenvalue weighted by Crippen LogP contribution is -2.21. The lowest BCUT2D eigenvalue weighted by molar-refractivity contribution is 0.102. The number of amides is 1. The van der Waals surface area contributed by atoms with E-state index in [4.69, 9.17) is 0 Å². The smallest absolute Gasteiger partial charge is 0.274 e. The maximum atomic E-state index is 13.0. The zero-order valence-corrected chi connectivity index (χ0v) is 15.9. The minimum Gasteiger partial charge on any atom is -0.372 e. The Morgan fingerprint density at radius 1 is 0.893 bits per heavy atom. The average molecular weight is 378 g/mol. The van der Waals surface area contributed by atoms with Gasteiger partial charge in [0.25, 0.3) is 5.91 Å². The van der Waals surface area contributed by atoms with Gasteiger partial charge >= 0.3 is 0 Å². The van der Waals surface area contributed by atoms with Gasteiger partial charge in [0, 0.05) is 30.2 Å². The van der Waals surface area contributed by atoms with Crippen LogP contribution in [0, 0.1) is 5.82 Å². The standard InChI is InChI=1S/C22H23FN4O/c1-3-27(4-2)20-12-9-18(10-13-20)26-22(28)21-14-11-19(15-24-21)25-17-7-5-16(23)6-8-17/h5-15,25H,3-4H2,1-2H3,(H,26,28). The first-order valence-electron chi connectivity index (χ1n) is 9.24. The first kappa shape index (κ1) is 19.4. The van der Waals surface area contributed by atoms with E-state index in [2.05, 4.69) is 34.4 Å². The highest BCUT2D eigenvalue weighted by Gasteiger charge is 2.09. The Morgan fingerprint density at radius 3 is 2.07 bits per heavy atom. The Morgan fingerprint density at radius 2 is 1.50 bits per heavy atom. The van der Waals surface area contributed by atoms with E-state index in [9.17, 15) is 9.18 Å². The lowest BCUT2D eigenvalue weighted by atomic mass is 10.2. The van der Waals surface area contributed by atoms with Crippen LogP contribution in [0.4, 0.5) is 27.1 Å². The molecule has 0 saturated carbocycles. The molecule has 0 aliphatic heterocycles. The summed E-state index contributed by atoms with van der Waals surface area (Å²) in [6.07, 6.45) is 1.57. The van der Waals surface area contributed by atoms with Gasteiger partial charge in [-0.1, -0.05) is 0 Å². The van der Waals surface area contributed by atoms with Gasteiger partial charge in [-0.2, -0.15) is 0 Å². The van der Waals surface area contributed by atoms with Crippen LogP contribution in [-0.2, 0) is 0 Å². The van der Waals surface area contributed by atoms with Crippen molar-refractivity contribution in [2.75, 3.05) is 28.6 Å². The SMILES string of the molecule is CCN(CC)c1ccc(NC(=O)c2ccc(Nc3ccc(F)cc3)cn2)cc1. The van der Waals surface area contributed by atoms with E-state index in [0.717, 1.165) is 30.2 Å². The third-order valence-electron chi connectivity index (χ3n) is 4.38. The Bertz CT molecular complexity index is 905. The van der Waals surface area contributed by atoms with Gasteiger partial charge in [-0.3, -0.25) is 4.79 Å². The summed E-state index contributed by atoms with van der Waals surface area (Å²) in [4.78, 5) is 18.8. The van der Waals surface area contributed by atoms with Crippen molar-refractivity contribution < 1.29 is 9.18 Å². The van der Waals surface area contributed by atoms with Crippen molar-refractivity contribution in [1.82, 2.24) is 4.98 Å². The van der Waals surface area contributed by atoms with Crippen molar-refractivity contribution in [3.05, 3.63) is 78.4 Å². The minimum atomic E-state index is -0.291. The van der Waals surface area contributed by atoms with Gasteiger partial charge in [-0.25, -0.2) is 9.37 Å². The summed E-state index contributed by atoms with van der Waals surface area (Å²) in [6.45, 7) is 6.09. The molecule has 1 amide bonds. The number of anilines is 4. The van der Waals surface area contributed by atoms with Crippen LogP contribution < -0.4 is 15.5 Å². The van der Waals surface area contributed by atoms with Crippen molar-refractivity contribution in [2.24, 2.45) is 0 Å². The fraction of sp³-hybridized carbons (Fsp3) is 0.182. The van der Waals surface area contributed by atoms with Crippen LogP contribution in [-0.4, -0.2) is 24.0 Å². The quantitative estimate of drug-likeness (QED) is 0.603. The van der Waals surface area contributed by atoms with Gasteiger partial charge in [0.1, 0.15) is 11.5 Å². The van der Waals surface area contributed by atoms with E-state index >= 15 is 0 Å². The minimum absolute atomic E-state index is 0.274. The molecule has 1 heterocycles. The van der Waals surface area contributed by atoms with Crippen LogP contribution in [0.15, 0.2) is 66.9 Å². The highest BCUT2D eigenvalue weighted by Crippen LogP contribution is 2.19. The summed E-state index contributed by atoms with van der Waals surface area (Å²) >= 11 is 0. The van der Waals surface area contributed by atoms with Crippen LogP contribution in [0.25, 0.3) is 0 Å². The molecule has 0 fully saturated rings. The van der Waals surface area contributed by atoms with Gasteiger partial charge < -0.3 is 15.5 Å². The Hall–Kier alpha value is -3.41. The first-order valence-corrected chi connectivity index (χ1v) is 9.24. The van der Waals surface area contributed by atoms with Crippen LogP contribution in [0.3, 0.4) is 0 Å². The van der Waals surface area contributed by atoms with Gasteiger partial charge in [-0.05, 0) is 74.5 Å². The molecule has 2 N–H and O–H groups in total. The Labute approximate surface area is 164 Å². The Balaban J connectivity index is 1.62. The van der Waals surface area contributed by atoms with Gasteiger partial charge in [0.15, 0.2) is 0 Å². The second kappa shape index (κ2) is 8.99. The molecule has 0 unspecified atom stereocenters. The van der Waals surface area contributed by atoms with Crippen molar-refractivity contribution in [2.45, 2.75) is 13.8 Å². The van der Waals surface area contributed by atoms with Gasteiger partial charge in [0.05, 0.1) is 11.9 Å². The normalized spacial score (nSPS) is 10.4. The maximum absolute atomic E-state index is 13.0. The van der Waals surface area contributed by atoms with Crippen molar-refractivity contribution in [3.8, 4) is 0 Å². The molecule has 6 heteroatoms. The zero-order valence-electron chi connectivity index (χ0n) is 15.9. The van der Waals surface area contributed by atoms with Crippen molar-refractivity contribution in [3.63, 3.8) is 0 Å². The van der Waals surface area contributed by atoms with Gasteiger partial charge in [0.2, 0.25) is 0 Å². The molecule has 0 saturated heterocycles. The second-order valence-electron chi connectivity index (χ2n) is 6.24. The van der Waals surface area contributed by atoms with Crippen LogP contribution in [0.1, 0.15) is 24.3 Å². The maximum Gasteiger partial charge on any atom is 0.274 e. The molecule has 0 atom stereocenters. The number of pyridine rings is 1. The number of benzene rings is 2. The van der Waals surface area contributed by atoms with Crippen LogP contribution in [0.2, 0.25) is 0 Å². The topological polar surface area (TPSA) is 57.3 Å². The summed E-state index contributed by atoms with van der Waals surface area (Å²) in [6, 6.07) is 17.2. The Kier molecular flexibility index (Phi) is 6.22. The summed E-state index contributed by atoms with van der Waals surface area (Å²) in [5.74, 6) is -0.565. The molecule has 2 aromatic carbocycles. The number of rotatable bonds is 7. The summed E-state index contributed by atoms with van der Waals surface area (Å²) in [5.41, 5.74) is 3.62. The number of nitrogens with one attached hydrogen (secondary N) is 2. The second-order valence-corrected chi connectivity index (χ2v) is 6.24. The fourth-order valence-electron chi connectivity index (χ4n) is 2.84. The third kappa shape index (κ3) is 4.85. The summed E-state index contributed by atoms with van der Waals surface area (Å²) < 4.78 is 13.0. The predicted molar refractivity (Wildman–Crippen MR) is 112 cm³/mol. The number of hydrogen-bond acceptors (Lipinski definition) is 4. The van der Waals surface area contributed by atoms with Gasteiger partial charge in [-0.15, -0.1) is 0 Å². The van der Waals surface area contributed by atoms with Crippen molar-refractivity contribution >= 4 is 28.7 Å². The molecule has 5 nitrogen and oxygen atoms in total. The van der Waals surface area contributed by atoms with E-state index in [0.29, 0.717) is 11.4 Å². The molecular weight excluding hydrogens is 355 g/mol. The van der Waals surface area contributed by atoms with E-state index in [-0.39, 0.29) is 11.7 Å². The average Bonchev–Trinajstić information content (AvgIpc) is 2.72. The van der Waals surface area contributed by atoms with E-state index in [1.54, 1.807) is 30.5 Å². The predicted octanol–water partition coefficient (Wildman–Crippen LogP) is 5.06. The largest absolute Gasteiger partial charge is 0.372 e. The van der Waals surface area contributed by atoms with Crippen molar-refractivity contribution in [1.29, 1.82) is 0 Å². The zero-order chi connectivity index (χ0) is 19.9. The number of carbonyl (C=O) groups excluding carboxylic acids is 1. The van der Waals surface area contributed by atoms with Crippen LogP contribution in [0.5, 0.6) is 0 Å².